The van der Waals surface area contributed by atoms with Crippen LogP contribution in [0, 0.1) is 6.92 Å². The molecule has 114 valence electrons. The predicted molar refractivity (Wildman–Crippen MR) is 82.3 cm³/mol. The lowest BCUT2D eigenvalue weighted by Crippen LogP contribution is -2.41. The highest BCUT2D eigenvalue weighted by Crippen LogP contribution is 2.21. The molecule has 1 heterocycles. The zero-order valence-electron chi connectivity index (χ0n) is 12.4. The molecule has 0 spiro atoms. The molecule has 0 aliphatic heterocycles. The van der Waals surface area contributed by atoms with Crippen molar-refractivity contribution in [3.05, 3.63) is 35.5 Å². The first-order chi connectivity index (χ1) is 9.94. The number of para-hydroxylation sites is 1. The van der Waals surface area contributed by atoms with Gasteiger partial charge in [-0.1, -0.05) is 18.2 Å². The molecule has 1 aromatic carbocycles. The molecular formula is C16H22N2O3. The van der Waals surface area contributed by atoms with Gasteiger partial charge in [0.25, 0.3) is 5.91 Å². The molecule has 0 aliphatic rings. The molecule has 0 bridgehead atoms. The Labute approximate surface area is 124 Å². The number of nitrogens with one attached hydrogen (secondary N) is 2. The summed E-state index contributed by atoms with van der Waals surface area (Å²) in [5, 5.41) is 22.7. The summed E-state index contributed by atoms with van der Waals surface area (Å²) in [6.45, 7) is 3.74. The van der Waals surface area contributed by atoms with E-state index in [4.69, 9.17) is 5.11 Å². The van der Waals surface area contributed by atoms with Crippen LogP contribution in [0.3, 0.4) is 0 Å². The van der Waals surface area contributed by atoms with Crippen molar-refractivity contribution in [1.82, 2.24) is 10.3 Å². The van der Waals surface area contributed by atoms with Crippen LogP contribution in [0.15, 0.2) is 24.3 Å². The number of aliphatic hydroxyl groups is 2. The molecule has 1 amide bonds. The fourth-order valence-corrected chi connectivity index (χ4v) is 2.42. The number of H-pyrrole nitrogens is 1. The second-order valence-corrected chi connectivity index (χ2v) is 5.68. The molecule has 0 unspecified atom stereocenters. The maximum Gasteiger partial charge on any atom is 0.268 e. The number of benzene rings is 1. The molecular weight excluding hydrogens is 268 g/mol. The van der Waals surface area contributed by atoms with E-state index in [0.29, 0.717) is 18.5 Å². The summed E-state index contributed by atoms with van der Waals surface area (Å²) in [7, 11) is 0. The second kappa shape index (κ2) is 6.28. The Bertz CT molecular complexity index is 631. The van der Waals surface area contributed by atoms with Crippen LogP contribution >= 0.6 is 0 Å². The number of hydrogen-bond donors (Lipinski definition) is 4. The molecule has 0 radical (unpaired) electrons. The molecule has 5 nitrogen and oxygen atoms in total. The molecule has 0 saturated heterocycles. The average molecular weight is 290 g/mol. The smallest absolute Gasteiger partial charge is 0.268 e. The van der Waals surface area contributed by atoms with Gasteiger partial charge in [0.1, 0.15) is 5.69 Å². The van der Waals surface area contributed by atoms with E-state index >= 15 is 0 Å². The lowest BCUT2D eigenvalue weighted by molar-refractivity contribution is 0.0414. The van der Waals surface area contributed by atoms with E-state index in [1.54, 1.807) is 6.92 Å². The van der Waals surface area contributed by atoms with Gasteiger partial charge in [0.2, 0.25) is 0 Å². The van der Waals surface area contributed by atoms with Gasteiger partial charge < -0.3 is 20.5 Å². The van der Waals surface area contributed by atoms with Crippen LogP contribution in [0.5, 0.6) is 0 Å². The molecule has 21 heavy (non-hydrogen) atoms. The number of aryl methyl sites for hydroxylation is 1. The summed E-state index contributed by atoms with van der Waals surface area (Å²) in [6.07, 6.45) is 0.948. The summed E-state index contributed by atoms with van der Waals surface area (Å²) in [5.41, 5.74) is 1.33. The SMILES string of the molecule is Cc1c(C(=O)NC[C@](C)(O)CCCO)[nH]c2ccccc12. The molecule has 0 saturated carbocycles. The molecule has 2 aromatic rings. The largest absolute Gasteiger partial charge is 0.396 e. The zero-order chi connectivity index (χ0) is 15.5. The summed E-state index contributed by atoms with van der Waals surface area (Å²) in [6, 6.07) is 7.75. The van der Waals surface area contributed by atoms with Crippen LogP contribution in [0.1, 0.15) is 35.8 Å². The van der Waals surface area contributed by atoms with Crippen molar-refractivity contribution < 1.29 is 15.0 Å². The van der Waals surface area contributed by atoms with E-state index in [1.807, 2.05) is 31.2 Å². The van der Waals surface area contributed by atoms with E-state index in [1.165, 1.54) is 0 Å². The number of aromatic amines is 1. The van der Waals surface area contributed by atoms with Crippen LogP contribution < -0.4 is 5.32 Å². The van der Waals surface area contributed by atoms with Crippen LogP contribution in [0.4, 0.5) is 0 Å². The number of hydrogen-bond acceptors (Lipinski definition) is 3. The van der Waals surface area contributed by atoms with Gasteiger partial charge in [0.05, 0.1) is 5.60 Å². The van der Waals surface area contributed by atoms with Gasteiger partial charge in [0, 0.05) is 24.1 Å². The Morgan fingerprint density at radius 1 is 1.38 bits per heavy atom. The lowest BCUT2D eigenvalue weighted by Gasteiger charge is -2.23. The van der Waals surface area contributed by atoms with Gasteiger partial charge in [-0.15, -0.1) is 0 Å². The molecule has 0 fully saturated rings. The summed E-state index contributed by atoms with van der Waals surface area (Å²) in [4.78, 5) is 15.4. The second-order valence-electron chi connectivity index (χ2n) is 5.68. The third-order valence-corrected chi connectivity index (χ3v) is 3.70. The number of carbonyl (C=O) groups is 1. The lowest BCUT2D eigenvalue weighted by atomic mass is 10.0. The number of aliphatic hydroxyl groups excluding tert-OH is 1. The van der Waals surface area contributed by atoms with Crippen LogP contribution in [-0.2, 0) is 0 Å². The highest BCUT2D eigenvalue weighted by molar-refractivity contribution is 6.00. The summed E-state index contributed by atoms with van der Waals surface area (Å²) in [5.74, 6) is -0.229. The monoisotopic (exact) mass is 290 g/mol. The van der Waals surface area contributed by atoms with Gasteiger partial charge in [-0.25, -0.2) is 0 Å². The Hall–Kier alpha value is -1.85. The fourth-order valence-electron chi connectivity index (χ4n) is 2.42. The van der Waals surface area contributed by atoms with Crippen LogP contribution in [-0.4, -0.2) is 39.9 Å². The fraction of sp³-hybridized carbons (Fsp3) is 0.438. The van der Waals surface area contributed by atoms with Crippen LogP contribution in [0.2, 0.25) is 0 Å². The van der Waals surface area contributed by atoms with Crippen molar-refractivity contribution in [2.24, 2.45) is 0 Å². The van der Waals surface area contributed by atoms with E-state index in [2.05, 4.69) is 10.3 Å². The third-order valence-electron chi connectivity index (χ3n) is 3.70. The van der Waals surface area contributed by atoms with Gasteiger partial charge in [0.15, 0.2) is 0 Å². The van der Waals surface area contributed by atoms with Gasteiger partial charge in [-0.2, -0.15) is 0 Å². The van der Waals surface area contributed by atoms with Gasteiger partial charge in [-0.3, -0.25) is 4.79 Å². The van der Waals surface area contributed by atoms with Crippen molar-refractivity contribution in [2.45, 2.75) is 32.3 Å². The maximum absolute atomic E-state index is 12.3. The Kier molecular flexibility index (Phi) is 4.65. The number of aromatic nitrogens is 1. The molecule has 0 aliphatic carbocycles. The topological polar surface area (TPSA) is 85.3 Å². The zero-order valence-corrected chi connectivity index (χ0v) is 12.4. The number of fused-ring (bicyclic) bond motifs is 1. The van der Waals surface area contributed by atoms with Crippen LogP contribution in [0.25, 0.3) is 10.9 Å². The summed E-state index contributed by atoms with van der Waals surface area (Å²) < 4.78 is 0. The Morgan fingerprint density at radius 2 is 2.10 bits per heavy atom. The highest BCUT2D eigenvalue weighted by atomic mass is 16.3. The molecule has 1 atom stereocenters. The molecule has 4 N–H and O–H groups in total. The standard InChI is InChI=1S/C16H22N2O3/c1-11-12-6-3-4-7-13(12)18-14(11)15(20)17-10-16(2,21)8-5-9-19/h3-4,6-7,18-19,21H,5,8-10H2,1-2H3,(H,17,20)/t16-/m1/s1. The first-order valence-electron chi connectivity index (χ1n) is 7.13. The van der Waals surface area contributed by atoms with Crippen molar-refractivity contribution in [3.8, 4) is 0 Å². The van der Waals surface area contributed by atoms with E-state index in [0.717, 1.165) is 16.5 Å². The number of amides is 1. The van der Waals surface area contributed by atoms with E-state index < -0.39 is 5.60 Å². The first-order valence-corrected chi connectivity index (χ1v) is 7.13. The predicted octanol–water partition coefficient (Wildman–Crippen LogP) is 1.73. The Balaban J connectivity index is 2.07. The van der Waals surface area contributed by atoms with Gasteiger partial charge in [-0.05, 0) is 38.3 Å². The van der Waals surface area contributed by atoms with Gasteiger partial charge >= 0.3 is 0 Å². The molecule has 5 heteroatoms. The molecule has 2 rings (SSSR count). The highest BCUT2D eigenvalue weighted by Gasteiger charge is 2.22. The summed E-state index contributed by atoms with van der Waals surface area (Å²) >= 11 is 0. The maximum atomic E-state index is 12.3. The van der Waals surface area contributed by atoms with Crippen molar-refractivity contribution in [1.29, 1.82) is 0 Å². The average Bonchev–Trinajstić information content (AvgIpc) is 2.81. The minimum Gasteiger partial charge on any atom is -0.396 e. The normalized spacial score (nSPS) is 14.1. The number of carbonyl (C=O) groups excluding carboxylic acids is 1. The first kappa shape index (κ1) is 15.5. The number of rotatable bonds is 6. The molecule has 1 aromatic heterocycles. The third kappa shape index (κ3) is 3.62. The quantitative estimate of drug-likeness (QED) is 0.653. The van der Waals surface area contributed by atoms with Crippen molar-refractivity contribution in [2.75, 3.05) is 13.2 Å². The Morgan fingerprint density at radius 3 is 2.76 bits per heavy atom. The van der Waals surface area contributed by atoms with Crippen molar-refractivity contribution >= 4 is 16.8 Å². The van der Waals surface area contributed by atoms with E-state index in [-0.39, 0.29) is 19.1 Å². The van der Waals surface area contributed by atoms with Crippen molar-refractivity contribution in [3.63, 3.8) is 0 Å². The minimum absolute atomic E-state index is 0.0330. The minimum atomic E-state index is -1.02. The van der Waals surface area contributed by atoms with E-state index in [9.17, 15) is 9.90 Å².